The van der Waals surface area contributed by atoms with Crippen molar-refractivity contribution < 1.29 is 13.2 Å². The Morgan fingerprint density at radius 3 is 2.52 bits per heavy atom. The van der Waals surface area contributed by atoms with E-state index in [1.54, 1.807) is 23.9 Å². The molecule has 0 unspecified atom stereocenters. The van der Waals surface area contributed by atoms with Crippen LogP contribution in [-0.4, -0.2) is 24.5 Å². The van der Waals surface area contributed by atoms with Crippen molar-refractivity contribution in [3.05, 3.63) is 64.3 Å². The van der Waals surface area contributed by atoms with Crippen LogP contribution in [0.5, 0.6) is 0 Å². The average molecular weight is 468 g/mol. The minimum absolute atomic E-state index is 0.0991. The van der Waals surface area contributed by atoms with Gasteiger partial charge in [0.25, 0.3) is 0 Å². The van der Waals surface area contributed by atoms with Crippen LogP contribution in [0.3, 0.4) is 0 Å². The summed E-state index contributed by atoms with van der Waals surface area (Å²) in [7, 11) is 1.80. The molecular formula is C19H14Cl2F3N7. The first-order valence-corrected chi connectivity index (χ1v) is 9.62. The molecule has 0 aliphatic rings. The van der Waals surface area contributed by atoms with Crippen molar-refractivity contribution in [1.29, 1.82) is 0 Å². The molecule has 31 heavy (non-hydrogen) atoms. The van der Waals surface area contributed by atoms with Crippen LogP contribution in [0.15, 0.2) is 43.0 Å². The maximum absolute atomic E-state index is 12.8. The number of hydrogen-bond donors (Lipinski definition) is 2. The highest BCUT2D eigenvalue weighted by molar-refractivity contribution is 6.39. The van der Waals surface area contributed by atoms with E-state index in [2.05, 4.69) is 30.6 Å². The molecule has 0 fully saturated rings. The van der Waals surface area contributed by atoms with Crippen LogP contribution in [0.2, 0.25) is 10.0 Å². The summed E-state index contributed by atoms with van der Waals surface area (Å²) in [4.78, 5) is 16.7. The largest absolute Gasteiger partial charge is 0.416 e. The summed E-state index contributed by atoms with van der Waals surface area (Å²) < 4.78 is 40.3. The molecule has 0 atom stereocenters. The molecule has 0 amide bonds. The number of hydrogen-bond acceptors (Lipinski definition) is 6. The number of aryl methyl sites for hydroxylation is 1. The topological polar surface area (TPSA) is 80.5 Å². The Bertz CT molecular complexity index is 1240. The number of fused-ring (bicyclic) bond motifs is 1. The molecule has 0 radical (unpaired) electrons. The Hall–Kier alpha value is -3.11. The smallest absolute Gasteiger partial charge is 0.364 e. The van der Waals surface area contributed by atoms with Gasteiger partial charge in [-0.1, -0.05) is 23.2 Å². The lowest BCUT2D eigenvalue weighted by Gasteiger charge is -2.09. The van der Waals surface area contributed by atoms with Crippen molar-refractivity contribution in [3.63, 3.8) is 0 Å². The summed E-state index contributed by atoms with van der Waals surface area (Å²) in [5.41, 5.74) is 1.65. The van der Waals surface area contributed by atoms with Crippen molar-refractivity contribution in [1.82, 2.24) is 24.5 Å². The first-order valence-electron chi connectivity index (χ1n) is 8.87. The molecule has 0 spiro atoms. The van der Waals surface area contributed by atoms with E-state index in [0.29, 0.717) is 32.9 Å². The predicted molar refractivity (Wildman–Crippen MR) is 113 cm³/mol. The van der Waals surface area contributed by atoms with Crippen LogP contribution in [0.1, 0.15) is 11.3 Å². The molecule has 0 saturated heterocycles. The number of rotatable bonds is 5. The third-order valence-electron chi connectivity index (χ3n) is 4.45. The number of pyridine rings is 3. The predicted octanol–water partition coefficient (Wildman–Crippen LogP) is 5.44. The van der Waals surface area contributed by atoms with Gasteiger partial charge in [-0.3, -0.25) is 9.97 Å². The Labute approximate surface area is 184 Å². The highest BCUT2D eigenvalue weighted by atomic mass is 35.5. The van der Waals surface area contributed by atoms with Gasteiger partial charge in [0.05, 0.1) is 50.8 Å². The van der Waals surface area contributed by atoms with Gasteiger partial charge in [-0.25, -0.2) is 9.97 Å². The zero-order valence-corrected chi connectivity index (χ0v) is 17.4. The minimum atomic E-state index is -4.44. The molecular weight excluding hydrogens is 454 g/mol. The van der Waals surface area contributed by atoms with Crippen molar-refractivity contribution in [3.8, 4) is 0 Å². The first kappa shape index (κ1) is 21.1. The van der Waals surface area contributed by atoms with Crippen LogP contribution in [0, 0.1) is 0 Å². The summed E-state index contributed by atoms with van der Waals surface area (Å²) in [5.74, 6) is 0.582. The van der Waals surface area contributed by atoms with E-state index in [9.17, 15) is 13.2 Å². The lowest BCUT2D eigenvalue weighted by atomic mass is 10.2. The van der Waals surface area contributed by atoms with E-state index in [0.717, 1.165) is 23.8 Å². The number of alkyl halides is 3. The molecule has 4 rings (SSSR count). The summed E-state index contributed by atoms with van der Waals surface area (Å²) >= 11 is 12.3. The van der Waals surface area contributed by atoms with Crippen LogP contribution in [0.25, 0.3) is 11.0 Å². The van der Waals surface area contributed by atoms with Gasteiger partial charge >= 0.3 is 6.18 Å². The Balaban J connectivity index is 1.55. The fourth-order valence-corrected chi connectivity index (χ4v) is 3.33. The fourth-order valence-electron chi connectivity index (χ4n) is 2.87. The second kappa shape index (κ2) is 8.20. The van der Waals surface area contributed by atoms with Crippen molar-refractivity contribution in [2.75, 3.05) is 10.6 Å². The molecule has 7 nitrogen and oxygen atoms in total. The SMILES string of the molecule is Cn1c(Nc2c(Cl)cncc2Cl)nc2cc(CNc3cc(C(F)(F)F)ccn3)ncc21. The zero-order chi connectivity index (χ0) is 22.2. The van der Waals surface area contributed by atoms with Gasteiger partial charge in [0.15, 0.2) is 0 Å². The van der Waals surface area contributed by atoms with Gasteiger partial charge in [-0.05, 0) is 18.2 Å². The third kappa shape index (κ3) is 4.49. The van der Waals surface area contributed by atoms with Crippen LogP contribution in [0.4, 0.5) is 30.6 Å². The van der Waals surface area contributed by atoms with Gasteiger partial charge in [-0.2, -0.15) is 13.2 Å². The molecule has 4 aromatic heterocycles. The van der Waals surface area contributed by atoms with E-state index < -0.39 is 11.7 Å². The van der Waals surface area contributed by atoms with Gasteiger partial charge in [-0.15, -0.1) is 0 Å². The third-order valence-corrected chi connectivity index (χ3v) is 5.03. The maximum atomic E-state index is 12.8. The summed E-state index contributed by atoms with van der Waals surface area (Å²) in [6, 6.07) is 3.60. The average Bonchev–Trinajstić information content (AvgIpc) is 3.04. The van der Waals surface area contributed by atoms with Crippen LogP contribution < -0.4 is 10.6 Å². The fraction of sp³-hybridized carbons (Fsp3) is 0.158. The molecule has 4 aromatic rings. The minimum Gasteiger partial charge on any atom is -0.364 e. The molecule has 0 saturated carbocycles. The molecule has 160 valence electrons. The Kier molecular flexibility index (Phi) is 5.59. The molecule has 0 aliphatic carbocycles. The second-order valence-corrected chi connectivity index (χ2v) is 7.36. The number of halogens is 5. The monoisotopic (exact) mass is 467 g/mol. The highest BCUT2D eigenvalue weighted by Gasteiger charge is 2.30. The summed E-state index contributed by atoms with van der Waals surface area (Å²) in [5, 5.41) is 6.62. The molecule has 0 aromatic carbocycles. The van der Waals surface area contributed by atoms with E-state index in [-0.39, 0.29) is 12.4 Å². The van der Waals surface area contributed by atoms with E-state index >= 15 is 0 Å². The summed E-state index contributed by atoms with van der Waals surface area (Å²) in [6.07, 6.45) is 1.22. The Morgan fingerprint density at radius 2 is 1.81 bits per heavy atom. The molecule has 4 heterocycles. The molecule has 2 N–H and O–H groups in total. The van der Waals surface area contributed by atoms with Crippen LogP contribution >= 0.6 is 23.2 Å². The molecule has 0 bridgehead atoms. The van der Waals surface area contributed by atoms with E-state index in [1.807, 2.05) is 0 Å². The molecule has 12 heteroatoms. The second-order valence-electron chi connectivity index (χ2n) is 6.54. The van der Waals surface area contributed by atoms with Gasteiger partial charge < -0.3 is 15.2 Å². The van der Waals surface area contributed by atoms with Gasteiger partial charge in [0.2, 0.25) is 5.95 Å². The van der Waals surface area contributed by atoms with Gasteiger partial charge in [0.1, 0.15) is 5.82 Å². The quantitative estimate of drug-likeness (QED) is 0.406. The lowest BCUT2D eigenvalue weighted by molar-refractivity contribution is -0.137. The Morgan fingerprint density at radius 1 is 1.06 bits per heavy atom. The number of anilines is 3. The normalized spacial score (nSPS) is 11.7. The molecule has 0 aliphatic heterocycles. The number of nitrogens with zero attached hydrogens (tertiary/aromatic N) is 5. The standard InChI is InChI=1S/C19H14Cl2F3N7/c1-31-15-9-27-11(6-28-16-4-10(2-3-26-16)19(22,23)24)5-14(15)29-18(31)30-17-12(20)7-25-8-13(17)21/h2-5,7-9H,6H2,1H3,(H,26,28)(H,25,29,30). The maximum Gasteiger partial charge on any atom is 0.416 e. The van der Waals surface area contributed by atoms with E-state index in [1.165, 1.54) is 12.4 Å². The first-order chi connectivity index (χ1) is 14.7. The highest BCUT2D eigenvalue weighted by Crippen LogP contribution is 2.32. The number of imidazole rings is 1. The van der Waals surface area contributed by atoms with Crippen molar-refractivity contribution >= 4 is 51.7 Å². The summed E-state index contributed by atoms with van der Waals surface area (Å²) in [6.45, 7) is 0.172. The zero-order valence-electron chi connectivity index (χ0n) is 15.9. The lowest BCUT2D eigenvalue weighted by Crippen LogP contribution is -2.08. The van der Waals surface area contributed by atoms with Gasteiger partial charge in [0, 0.05) is 25.6 Å². The van der Waals surface area contributed by atoms with Crippen molar-refractivity contribution in [2.24, 2.45) is 7.05 Å². The van der Waals surface area contributed by atoms with E-state index in [4.69, 9.17) is 23.2 Å². The number of nitrogens with one attached hydrogen (secondary N) is 2. The van der Waals surface area contributed by atoms with Crippen molar-refractivity contribution in [2.45, 2.75) is 12.7 Å². The van der Waals surface area contributed by atoms with Crippen LogP contribution in [-0.2, 0) is 19.8 Å². The number of aromatic nitrogens is 5.